The number of nitrogens with one attached hydrogen (secondary N) is 2. The molecule has 0 aliphatic carbocycles. The Morgan fingerprint density at radius 3 is 2.94 bits per heavy atom. The Balaban J connectivity index is 2.29. The minimum absolute atomic E-state index is 0.316. The molecular formula is C10H13N3O4. The maximum absolute atomic E-state index is 11.2. The van der Waals surface area contributed by atoms with Crippen molar-refractivity contribution >= 4 is 12.0 Å². The molecule has 1 aromatic heterocycles. The van der Waals surface area contributed by atoms with Gasteiger partial charge < -0.3 is 10.4 Å². The number of pyridine rings is 1. The van der Waals surface area contributed by atoms with Crippen LogP contribution < -0.4 is 10.8 Å². The minimum Gasteiger partial charge on any atom is -0.479 e. The van der Waals surface area contributed by atoms with Crippen molar-refractivity contribution < 1.29 is 19.5 Å². The molecule has 0 spiro atoms. The second kappa shape index (κ2) is 6.44. The Labute approximate surface area is 97.8 Å². The average molecular weight is 239 g/mol. The lowest BCUT2D eigenvalue weighted by atomic mass is 10.1. The maximum Gasteiger partial charge on any atom is 0.338 e. The van der Waals surface area contributed by atoms with Crippen molar-refractivity contribution in [2.45, 2.75) is 13.5 Å². The molecule has 0 atom stereocenters. The van der Waals surface area contributed by atoms with Crippen molar-refractivity contribution in [1.82, 2.24) is 15.8 Å². The van der Waals surface area contributed by atoms with Gasteiger partial charge in [0.1, 0.15) is 0 Å². The topological polar surface area (TPSA) is 101 Å². The van der Waals surface area contributed by atoms with Crippen LogP contribution >= 0.6 is 0 Å². The van der Waals surface area contributed by atoms with Crippen LogP contribution in [0.5, 0.6) is 0 Å². The number of aromatic nitrogens is 1. The van der Waals surface area contributed by atoms with Gasteiger partial charge in [0.05, 0.1) is 0 Å². The number of rotatable bonds is 5. The summed E-state index contributed by atoms with van der Waals surface area (Å²) in [6.45, 7) is 1.61. The molecule has 3 N–H and O–H groups in total. The molecule has 0 aliphatic heterocycles. The van der Waals surface area contributed by atoms with Crippen molar-refractivity contribution in [3.63, 3.8) is 0 Å². The smallest absolute Gasteiger partial charge is 0.338 e. The summed E-state index contributed by atoms with van der Waals surface area (Å²) < 4.78 is 0. The molecule has 2 amide bonds. The van der Waals surface area contributed by atoms with Crippen LogP contribution in [0.15, 0.2) is 18.5 Å². The number of aliphatic carboxylic acids is 1. The van der Waals surface area contributed by atoms with Gasteiger partial charge in [-0.25, -0.2) is 15.1 Å². The first-order valence-electron chi connectivity index (χ1n) is 4.86. The Hall–Kier alpha value is -2.15. The van der Waals surface area contributed by atoms with E-state index in [0.29, 0.717) is 6.54 Å². The Morgan fingerprint density at radius 1 is 1.53 bits per heavy atom. The summed E-state index contributed by atoms with van der Waals surface area (Å²) in [4.78, 5) is 29.6. The Kier molecular flexibility index (Phi) is 4.89. The zero-order valence-corrected chi connectivity index (χ0v) is 9.27. The molecule has 0 fully saturated rings. The molecule has 0 radical (unpaired) electrons. The van der Waals surface area contributed by atoms with Crippen LogP contribution in [0.3, 0.4) is 0 Å². The van der Waals surface area contributed by atoms with E-state index in [1.807, 2.05) is 12.4 Å². The van der Waals surface area contributed by atoms with E-state index in [9.17, 15) is 9.59 Å². The molecule has 0 aliphatic rings. The van der Waals surface area contributed by atoms with Gasteiger partial charge in [-0.05, 0) is 24.1 Å². The van der Waals surface area contributed by atoms with Gasteiger partial charge in [-0.3, -0.25) is 9.82 Å². The van der Waals surface area contributed by atoms with Crippen LogP contribution in [0.25, 0.3) is 0 Å². The first kappa shape index (κ1) is 12.9. The molecule has 1 rings (SSSR count). The second-order valence-corrected chi connectivity index (χ2v) is 3.27. The van der Waals surface area contributed by atoms with Crippen molar-refractivity contribution in [3.8, 4) is 0 Å². The first-order chi connectivity index (χ1) is 8.09. The van der Waals surface area contributed by atoms with E-state index in [-0.39, 0.29) is 0 Å². The third-order valence-corrected chi connectivity index (χ3v) is 1.94. The van der Waals surface area contributed by atoms with Gasteiger partial charge in [-0.1, -0.05) is 0 Å². The van der Waals surface area contributed by atoms with Crippen LogP contribution in [0.1, 0.15) is 11.1 Å². The second-order valence-electron chi connectivity index (χ2n) is 3.27. The number of aryl methyl sites for hydroxylation is 1. The maximum atomic E-state index is 11.2. The summed E-state index contributed by atoms with van der Waals surface area (Å²) >= 11 is 0. The monoisotopic (exact) mass is 239 g/mol. The normalized spacial score (nSPS) is 9.71. The highest BCUT2D eigenvalue weighted by molar-refractivity contribution is 5.73. The highest BCUT2D eigenvalue weighted by atomic mass is 16.7. The lowest BCUT2D eigenvalue weighted by Gasteiger charge is -2.08. The van der Waals surface area contributed by atoms with Gasteiger partial charge in [0, 0.05) is 18.9 Å². The predicted molar refractivity (Wildman–Crippen MR) is 57.9 cm³/mol. The number of hydroxylamine groups is 1. The molecule has 0 unspecified atom stereocenters. The van der Waals surface area contributed by atoms with Crippen molar-refractivity contribution in [1.29, 1.82) is 0 Å². The van der Waals surface area contributed by atoms with E-state index < -0.39 is 18.6 Å². The molecule has 0 saturated heterocycles. The zero-order chi connectivity index (χ0) is 12.7. The lowest BCUT2D eigenvalue weighted by molar-refractivity contribution is -0.144. The number of carboxylic acids is 1. The number of carboxylic acid groups (broad SMARTS) is 1. The molecule has 17 heavy (non-hydrogen) atoms. The van der Waals surface area contributed by atoms with E-state index in [4.69, 9.17) is 5.11 Å². The Bertz CT molecular complexity index is 408. The highest BCUT2D eigenvalue weighted by Gasteiger charge is 2.03. The minimum atomic E-state index is -1.16. The summed E-state index contributed by atoms with van der Waals surface area (Å²) in [5, 5.41) is 10.8. The van der Waals surface area contributed by atoms with Crippen LogP contribution in [0.2, 0.25) is 0 Å². The van der Waals surface area contributed by atoms with Gasteiger partial charge in [0.25, 0.3) is 0 Å². The fourth-order valence-corrected chi connectivity index (χ4v) is 1.08. The third kappa shape index (κ3) is 4.94. The molecule has 7 heteroatoms. The van der Waals surface area contributed by atoms with Gasteiger partial charge in [-0.2, -0.15) is 0 Å². The van der Waals surface area contributed by atoms with Crippen LogP contribution in [0, 0.1) is 6.92 Å². The van der Waals surface area contributed by atoms with Crippen molar-refractivity contribution in [3.05, 3.63) is 29.6 Å². The molecular weight excluding hydrogens is 226 g/mol. The molecule has 0 bridgehead atoms. The molecule has 92 valence electrons. The van der Waals surface area contributed by atoms with Crippen LogP contribution in [-0.4, -0.2) is 28.7 Å². The first-order valence-corrected chi connectivity index (χ1v) is 4.86. The molecule has 0 aromatic carbocycles. The van der Waals surface area contributed by atoms with E-state index in [0.717, 1.165) is 11.1 Å². The number of hydrogen-bond acceptors (Lipinski definition) is 4. The SMILES string of the molecule is Cc1cnccc1CNC(=O)NOCC(=O)O. The summed E-state index contributed by atoms with van der Waals surface area (Å²) in [7, 11) is 0. The number of urea groups is 1. The molecule has 7 nitrogen and oxygen atoms in total. The number of carbonyl (C=O) groups is 2. The summed E-state index contributed by atoms with van der Waals surface area (Å²) in [6.07, 6.45) is 3.32. The van der Waals surface area contributed by atoms with Crippen LogP contribution in [0.4, 0.5) is 4.79 Å². The van der Waals surface area contributed by atoms with Gasteiger partial charge in [-0.15, -0.1) is 0 Å². The van der Waals surface area contributed by atoms with Crippen LogP contribution in [-0.2, 0) is 16.2 Å². The Morgan fingerprint density at radius 2 is 2.29 bits per heavy atom. The van der Waals surface area contributed by atoms with Gasteiger partial charge in [0.15, 0.2) is 6.61 Å². The summed E-state index contributed by atoms with van der Waals surface area (Å²) in [5.41, 5.74) is 3.84. The predicted octanol–water partition coefficient (Wildman–Crippen LogP) is 0.205. The standard InChI is InChI=1S/C10H13N3O4/c1-7-4-11-3-2-8(7)5-12-10(16)13-17-6-9(14)15/h2-4H,5-6H2,1H3,(H,14,15)(H2,12,13,16). The average Bonchev–Trinajstić information content (AvgIpc) is 2.27. The fraction of sp³-hybridized carbons (Fsp3) is 0.300. The quantitative estimate of drug-likeness (QED) is 0.637. The zero-order valence-electron chi connectivity index (χ0n) is 9.27. The summed E-state index contributed by atoms with van der Waals surface area (Å²) in [6, 6.07) is 1.19. The van der Waals surface area contributed by atoms with Crippen molar-refractivity contribution in [2.75, 3.05) is 6.61 Å². The largest absolute Gasteiger partial charge is 0.479 e. The van der Waals surface area contributed by atoms with Gasteiger partial charge in [0.2, 0.25) is 0 Å². The number of carbonyl (C=O) groups excluding carboxylic acids is 1. The van der Waals surface area contributed by atoms with E-state index in [1.165, 1.54) is 0 Å². The van der Waals surface area contributed by atoms with Crippen molar-refractivity contribution in [2.24, 2.45) is 0 Å². The fourth-order valence-electron chi connectivity index (χ4n) is 1.08. The molecule has 0 saturated carbocycles. The van der Waals surface area contributed by atoms with E-state index in [1.54, 1.807) is 18.5 Å². The van der Waals surface area contributed by atoms with Gasteiger partial charge >= 0.3 is 12.0 Å². The van der Waals surface area contributed by atoms with E-state index >= 15 is 0 Å². The highest BCUT2D eigenvalue weighted by Crippen LogP contribution is 2.03. The molecule has 1 aromatic rings. The lowest BCUT2D eigenvalue weighted by Crippen LogP contribution is -2.36. The molecule has 1 heterocycles. The number of amides is 2. The third-order valence-electron chi connectivity index (χ3n) is 1.94. The van der Waals surface area contributed by atoms with E-state index in [2.05, 4.69) is 15.1 Å². The number of hydrogen-bond donors (Lipinski definition) is 3. The summed E-state index contributed by atoms with van der Waals surface area (Å²) in [5.74, 6) is -1.16. The number of nitrogens with zero attached hydrogens (tertiary/aromatic N) is 1.